The third kappa shape index (κ3) is 3.29. The number of aryl methyl sites for hydroxylation is 2. The Bertz CT molecular complexity index is 1090. The molecule has 0 spiro atoms. The number of nitrogens with zero attached hydrogens (tertiary/aromatic N) is 2. The maximum absolute atomic E-state index is 12.6. The molecule has 0 aliphatic rings. The van der Waals surface area contributed by atoms with Crippen molar-refractivity contribution in [2.75, 3.05) is 0 Å². The van der Waals surface area contributed by atoms with E-state index in [2.05, 4.69) is 4.98 Å². The second-order valence-electron chi connectivity index (χ2n) is 5.55. The van der Waals surface area contributed by atoms with E-state index in [4.69, 9.17) is 4.18 Å². The molecule has 7 nitrogen and oxygen atoms in total. The number of fused-ring (bicyclic) bond motifs is 1. The highest BCUT2D eigenvalue weighted by Crippen LogP contribution is 2.30. The summed E-state index contributed by atoms with van der Waals surface area (Å²) in [7, 11) is -4.39. The van der Waals surface area contributed by atoms with Gasteiger partial charge in [-0.2, -0.15) is 8.42 Å². The zero-order valence-corrected chi connectivity index (χ0v) is 14.3. The zero-order valence-electron chi connectivity index (χ0n) is 13.5. The normalized spacial score (nSPS) is 11.4. The van der Waals surface area contributed by atoms with Gasteiger partial charge in [0.2, 0.25) is 0 Å². The predicted octanol–water partition coefficient (Wildman–Crippen LogP) is 3.53. The summed E-state index contributed by atoms with van der Waals surface area (Å²) in [4.78, 5) is 14.3. The summed E-state index contributed by atoms with van der Waals surface area (Å²) in [6.07, 6.45) is 0. The molecule has 3 aromatic rings. The fraction of sp³-hybridized carbons (Fsp3) is 0.118. The topological polar surface area (TPSA) is 99.4 Å². The third-order valence-electron chi connectivity index (χ3n) is 3.60. The molecule has 25 heavy (non-hydrogen) atoms. The number of benzene rings is 2. The molecular formula is C17H14N2O5S. The van der Waals surface area contributed by atoms with Crippen LogP contribution in [0.5, 0.6) is 5.75 Å². The maximum atomic E-state index is 12.6. The van der Waals surface area contributed by atoms with Gasteiger partial charge in [-0.1, -0.05) is 24.3 Å². The van der Waals surface area contributed by atoms with Crippen molar-refractivity contribution in [2.45, 2.75) is 18.7 Å². The van der Waals surface area contributed by atoms with Crippen LogP contribution in [0.15, 0.2) is 53.4 Å². The van der Waals surface area contributed by atoms with Gasteiger partial charge in [0.1, 0.15) is 5.52 Å². The summed E-state index contributed by atoms with van der Waals surface area (Å²) in [5, 5.41) is 11.9. The number of rotatable bonds is 4. The number of nitro groups is 1. The lowest BCUT2D eigenvalue weighted by Crippen LogP contribution is -2.12. The van der Waals surface area contributed by atoms with Crippen LogP contribution in [0.1, 0.15) is 11.3 Å². The van der Waals surface area contributed by atoms with Gasteiger partial charge in [-0.15, -0.1) is 0 Å². The van der Waals surface area contributed by atoms with Gasteiger partial charge in [0.25, 0.3) is 5.69 Å². The van der Waals surface area contributed by atoms with Gasteiger partial charge in [0.05, 0.1) is 4.92 Å². The van der Waals surface area contributed by atoms with E-state index < -0.39 is 25.6 Å². The van der Waals surface area contributed by atoms with Gasteiger partial charge in [-0.05, 0) is 37.6 Å². The number of para-hydroxylation sites is 1. The Kier molecular flexibility index (Phi) is 4.13. The second-order valence-corrected chi connectivity index (χ2v) is 7.06. The number of pyridine rings is 1. The summed E-state index contributed by atoms with van der Waals surface area (Å²) in [6, 6.07) is 12.3. The van der Waals surface area contributed by atoms with Crippen LogP contribution in [0.4, 0.5) is 5.69 Å². The molecule has 128 valence electrons. The van der Waals surface area contributed by atoms with Crippen LogP contribution in [-0.2, 0) is 10.1 Å². The van der Waals surface area contributed by atoms with Gasteiger partial charge >= 0.3 is 10.1 Å². The van der Waals surface area contributed by atoms with E-state index in [1.165, 1.54) is 24.3 Å². The highest BCUT2D eigenvalue weighted by molar-refractivity contribution is 7.87. The minimum absolute atomic E-state index is 0.0241. The molecule has 3 rings (SSSR count). The highest BCUT2D eigenvalue weighted by atomic mass is 32.2. The van der Waals surface area contributed by atoms with Gasteiger partial charge in [-0.25, -0.2) is 4.98 Å². The van der Waals surface area contributed by atoms with Crippen molar-refractivity contribution in [1.82, 2.24) is 4.98 Å². The van der Waals surface area contributed by atoms with E-state index in [0.29, 0.717) is 22.2 Å². The molecule has 0 aliphatic heterocycles. The van der Waals surface area contributed by atoms with E-state index in [-0.39, 0.29) is 5.75 Å². The summed E-state index contributed by atoms with van der Waals surface area (Å²) >= 11 is 0. The van der Waals surface area contributed by atoms with Crippen molar-refractivity contribution in [3.63, 3.8) is 0 Å². The summed E-state index contributed by atoms with van der Waals surface area (Å²) < 4.78 is 30.4. The molecule has 8 heteroatoms. The molecule has 0 bridgehead atoms. The van der Waals surface area contributed by atoms with Crippen LogP contribution in [0.2, 0.25) is 0 Å². The number of hydrogen-bond donors (Lipinski definition) is 0. The lowest BCUT2D eigenvalue weighted by molar-refractivity contribution is -0.387. The monoisotopic (exact) mass is 358 g/mol. The average Bonchev–Trinajstić information content (AvgIpc) is 2.54. The number of hydrogen-bond acceptors (Lipinski definition) is 6. The molecule has 0 N–H and O–H groups in total. The first kappa shape index (κ1) is 16.8. The highest BCUT2D eigenvalue weighted by Gasteiger charge is 2.28. The fourth-order valence-electron chi connectivity index (χ4n) is 2.43. The standard InChI is InChI=1S/C17H14N2O5S/c1-11-6-9-16(14(10-11)19(20)21)25(22,23)24-15-5-3-4-13-8-7-12(2)18-17(13)15/h3-10H,1-2H3. The van der Waals surface area contributed by atoms with E-state index in [9.17, 15) is 18.5 Å². The molecular weight excluding hydrogens is 344 g/mol. The van der Waals surface area contributed by atoms with E-state index in [1.54, 1.807) is 38.1 Å². The lowest BCUT2D eigenvalue weighted by atomic mass is 10.2. The molecule has 0 fully saturated rings. The van der Waals surface area contributed by atoms with Crippen LogP contribution in [-0.4, -0.2) is 18.3 Å². The molecule has 0 unspecified atom stereocenters. The molecule has 0 saturated carbocycles. The molecule has 0 atom stereocenters. The van der Waals surface area contributed by atoms with Crippen molar-refractivity contribution in [3.05, 3.63) is 69.9 Å². The first-order chi connectivity index (χ1) is 11.8. The Morgan fingerprint density at radius 2 is 1.84 bits per heavy atom. The molecule has 0 radical (unpaired) electrons. The Labute approximate surface area is 144 Å². The van der Waals surface area contributed by atoms with Crippen LogP contribution in [0.25, 0.3) is 10.9 Å². The van der Waals surface area contributed by atoms with Crippen LogP contribution in [0, 0.1) is 24.0 Å². The predicted molar refractivity (Wildman–Crippen MR) is 92.1 cm³/mol. The quantitative estimate of drug-likeness (QED) is 0.402. The van der Waals surface area contributed by atoms with E-state index >= 15 is 0 Å². The second kappa shape index (κ2) is 6.14. The zero-order chi connectivity index (χ0) is 18.2. The summed E-state index contributed by atoms with van der Waals surface area (Å²) in [5.41, 5.74) is 1.13. The minimum atomic E-state index is -4.39. The van der Waals surface area contributed by atoms with Crippen molar-refractivity contribution >= 4 is 26.7 Å². The van der Waals surface area contributed by atoms with Crippen molar-refractivity contribution in [3.8, 4) is 5.75 Å². The van der Waals surface area contributed by atoms with Gasteiger partial charge in [0, 0.05) is 17.1 Å². The van der Waals surface area contributed by atoms with Gasteiger partial charge < -0.3 is 4.18 Å². The Morgan fingerprint density at radius 1 is 1.08 bits per heavy atom. The first-order valence-corrected chi connectivity index (χ1v) is 8.75. The molecule has 0 aliphatic carbocycles. The number of nitro benzene ring substituents is 1. The third-order valence-corrected chi connectivity index (χ3v) is 4.89. The molecule has 2 aromatic carbocycles. The lowest BCUT2D eigenvalue weighted by Gasteiger charge is -2.10. The summed E-state index contributed by atoms with van der Waals surface area (Å²) in [6.45, 7) is 3.41. The minimum Gasteiger partial charge on any atom is -0.376 e. The van der Waals surface area contributed by atoms with Crippen LogP contribution in [0.3, 0.4) is 0 Å². The van der Waals surface area contributed by atoms with Crippen molar-refractivity contribution < 1.29 is 17.5 Å². The van der Waals surface area contributed by atoms with E-state index in [0.717, 1.165) is 0 Å². The molecule has 0 saturated heterocycles. The Hall–Kier alpha value is -3.00. The average molecular weight is 358 g/mol. The first-order valence-electron chi connectivity index (χ1n) is 7.34. The van der Waals surface area contributed by atoms with Gasteiger partial charge in [0.15, 0.2) is 10.6 Å². The van der Waals surface area contributed by atoms with Crippen LogP contribution < -0.4 is 4.18 Å². The molecule has 1 aromatic heterocycles. The van der Waals surface area contributed by atoms with E-state index in [1.807, 2.05) is 0 Å². The maximum Gasteiger partial charge on any atom is 0.346 e. The van der Waals surface area contributed by atoms with Gasteiger partial charge in [-0.3, -0.25) is 10.1 Å². The SMILES string of the molecule is Cc1ccc(S(=O)(=O)Oc2cccc3ccc(C)nc23)c([N+](=O)[O-])c1. The summed E-state index contributed by atoms with van der Waals surface area (Å²) in [5.74, 6) is 0.0241. The number of aromatic nitrogens is 1. The smallest absolute Gasteiger partial charge is 0.346 e. The Morgan fingerprint density at radius 3 is 2.56 bits per heavy atom. The largest absolute Gasteiger partial charge is 0.376 e. The Balaban J connectivity index is 2.12. The molecule has 1 heterocycles. The fourth-order valence-corrected chi connectivity index (χ4v) is 3.51. The molecule has 0 amide bonds. The van der Waals surface area contributed by atoms with Crippen molar-refractivity contribution in [1.29, 1.82) is 0 Å². The van der Waals surface area contributed by atoms with Crippen LogP contribution >= 0.6 is 0 Å². The van der Waals surface area contributed by atoms with Crippen molar-refractivity contribution in [2.24, 2.45) is 0 Å².